The number of likely N-dealkylation sites (tertiary alicyclic amines) is 1. The number of piperidine rings is 1. The average molecular weight is 427 g/mol. The lowest BCUT2D eigenvalue weighted by Gasteiger charge is -2.32. The molecule has 0 aromatic heterocycles. The fourth-order valence-electron chi connectivity index (χ4n) is 3.15. The molecule has 1 fully saturated rings. The fraction of sp³-hybridized carbons (Fsp3) is 0.650. The summed E-state index contributed by atoms with van der Waals surface area (Å²) in [7, 11) is 1.59. The minimum atomic E-state index is -0.0574. The lowest BCUT2D eigenvalue weighted by molar-refractivity contribution is 0.0910. The van der Waals surface area contributed by atoms with Crippen molar-refractivity contribution in [2.45, 2.75) is 52.0 Å². The van der Waals surface area contributed by atoms with Gasteiger partial charge in [0, 0.05) is 24.7 Å². The van der Waals surface area contributed by atoms with Crippen molar-refractivity contribution in [3.05, 3.63) is 22.2 Å². The first-order chi connectivity index (χ1) is 12.6. The van der Waals surface area contributed by atoms with E-state index in [4.69, 9.17) is 9.47 Å². The summed E-state index contributed by atoms with van der Waals surface area (Å²) in [5.74, 6) is 1.17. The van der Waals surface area contributed by atoms with Crippen LogP contribution in [-0.4, -0.2) is 50.2 Å². The largest absolute Gasteiger partial charge is 0.493 e. The van der Waals surface area contributed by atoms with E-state index < -0.39 is 0 Å². The second-order valence-electron chi connectivity index (χ2n) is 6.78. The summed E-state index contributed by atoms with van der Waals surface area (Å²) in [5, 5.41) is 3.17. The first-order valence-corrected chi connectivity index (χ1v) is 10.4. The molecular weight excluding hydrogens is 396 g/mol. The number of carbonyl (C=O) groups is 1. The van der Waals surface area contributed by atoms with Crippen molar-refractivity contribution in [2.24, 2.45) is 0 Å². The first kappa shape index (κ1) is 21.0. The van der Waals surface area contributed by atoms with Gasteiger partial charge in [-0.15, -0.1) is 0 Å². The molecule has 1 aromatic rings. The van der Waals surface area contributed by atoms with E-state index in [1.807, 2.05) is 0 Å². The number of ether oxygens (including phenoxy) is 2. The summed E-state index contributed by atoms with van der Waals surface area (Å²) in [6.07, 6.45) is 5.40. The van der Waals surface area contributed by atoms with Crippen LogP contribution in [0.2, 0.25) is 0 Å². The molecule has 1 aliphatic heterocycles. The predicted octanol–water partition coefficient (Wildman–Crippen LogP) is 4.24. The van der Waals surface area contributed by atoms with E-state index in [1.165, 1.54) is 19.4 Å². The van der Waals surface area contributed by atoms with Crippen LogP contribution in [0.4, 0.5) is 0 Å². The van der Waals surface area contributed by atoms with Gasteiger partial charge in [0.15, 0.2) is 11.5 Å². The molecule has 1 saturated heterocycles. The second-order valence-corrected chi connectivity index (χ2v) is 7.64. The van der Waals surface area contributed by atoms with E-state index in [1.54, 1.807) is 19.2 Å². The van der Waals surface area contributed by atoms with Crippen molar-refractivity contribution < 1.29 is 14.3 Å². The number of hydrogen-bond donors (Lipinski definition) is 1. The fourth-order valence-corrected chi connectivity index (χ4v) is 3.70. The monoisotopic (exact) mass is 426 g/mol. The number of amides is 1. The maximum atomic E-state index is 12.7. The van der Waals surface area contributed by atoms with Gasteiger partial charge in [-0.2, -0.15) is 0 Å². The average Bonchev–Trinajstić information content (AvgIpc) is 2.65. The molecule has 0 radical (unpaired) electrons. The zero-order valence-corrected chi connectivity index (χ0v) is 17.7. The molecule has 0 bridgehead atoms. The maximum Gasteiger partial charge on any atom is 0.251 e. The molecule has 146 valence electrons. The number of halogens is 1. The van der Waals surface area contributed by atoms with Gasteiger partial charge in [0.25, 0.3) is 5.91 Å². The van der Waals surface area contributed by atoms with Crippen LogP contribution in [0.5, 0.6) is 11.5 Å². The van der Waals surface area contributed by atoms with E-state index in [-0.39, 0.29) is 11.9 Å². The van der Waals surface area contributed by atoms with Crippen LogP contribution in [0.3, 0.4) is 0 Å². The van der Waals surface area contributed by atoms with Crippen molar-refractivity contribution in [3.63, 3.8) is 0 Å². The third kappa shape index (κ3) is 5.88. The van der Waals surface area contributed by atoms with E-state index in [9.17, 15) is 4.79 Å². The highest BCUT2D eigenvalue weighted by Gasteiger charge is 2.22. The predicted molar refractivity (Wildman–Crippen MR) is 108 cm³/mol. The van der Waals surface area contributed by atoms with Gasteiger partial charge in [-0.3, -0.25) is 4.79 Å². The molecule has 26 heavy (non-hydrogen) atoms. The third-order valence-corrected chi connectivity index (χ3v) is 5.28. The SMILES string of the molecule is CCCCN1CCC(NC(=O)c2cc(Br)c(OCCC)c(OC)c2)CC1. The van der Waals surface area contributed by atoms with E-state index in [0.29, 0.717) is 23.7 Å². The van der Waals surface area contributed by atoms with Crippen LogP contribution in [0.25, 0.3) is 0 Å². The molecule has 0 spiro atoms. The standard InChI is InChI=1S/C20H31BrN2O3/c1-4-6-9-23-10-7-16(8-11-23)22-20(24)15-13-17(21)19(26-12-5-2)18(14-15)25-3/h13-14,16H,4-12H2,1-3H3,(H,22,24). The Labute approximate surface area is 165 Å². The van der Waals surface area contributed by atoms with Gasteiger partial charge >= 0.3 is 0 Å². The van der Waals surface area contributed by atoms with Crippen LogP contribution in [-0.2, 0) is 0 Å². The summed E-state index contributed by atoms with van der Waals surface area (Å²) in [5.41, 5.74) is 0.589. The zero-order chi connectivity index (χ0) is 18.9. The van der Waals surface area contributed by atoms with Crippen molar-refractivity contribution in [3.8, 4) is 11.5 Å². The van der Waals surface area contributed by atoms with Crippen molar-refractivity contribution >= 4 is 21.8 Å². The Bertz CT molecular complexity index is 587. The molecule has 6 heteroatoms. The van der Waals surface area contributed by atoms with Crippen molar-refractivity contribution in [1.82, 2.24) is 10.2 Å². The molecule has 2 rings (SSSR count). The smallest absolute Gasteiger partial charge is 0.251 e. The molecule has 1 aliphatic rings. The van der Waals surface area contributed by atoms with Crippen LogP contribution >= 0.6 is 15.9 Å². The number of methoxy groups -OCH3 is 1. The summed E-state index contributed by atoms with van der Waals surface area (Å²) in [6, 6.07) is 3.79. The number of nitrogens with zero attached hydrogens (tertiary/aromatic N) is 1. The Balaban J connectivity index is 1.96. The molecule has 5 nitrogen and oxygen atoms in total. The normalized spacial score (nSPS) is 15.7. The van der Waals surface area contributed by atoms with Gasteiger partial charge < -0.3 is 19.7 Å². The molecule has 0 aliphatic carbocycles. The topological polar surface area (TPSA) is 50.8 Å². The molecule has 1 amide bonds. The molecule has 1 N–H and O–H groups in total. The van der Waals surface area contributed by atoms with Gasteiger partial charge in [-0.05, 0) is 60.3 Å². The van der Waals surface area contributed by atoms with Gasteiger partial charge in [-0.25, -0.2) is 0 Å². The van der Waals surface area contributed by atoms with Crippen molar-refractivity contribution in [2.75, 3.05) is 33.4 Å². The maximum absolute atomic E-state index is 12.7. The minimum Gasteiger partial charge on any atom is -0.493 e. The molecule has 0 atom stereocenters. The highest BCUT2D eigenvalue weighted by molar-refractivity contribution is 9.10. The van der Waals surface area contributed by atoms with E-state index >= 15 is 0 Å². The number of benzene rings is 1. The minimum absolute atomic E-state index is 0.0574. The quantitative estimate of drug-likeness (QED) is 0.641. The lowest BCUT2D eigenvalue weighted by Crippen LogP contribution is -2.44. The lowest BCUT2D eigenvalue weighted by atomic mass is 10.0. The number of rotatable bonds is 9. The van der Waals surface area contributed by atoms with Gasteiger partial charge in [0.2, 0.25) is 0 Å². The molecule has 1 heterocycles. The first-order valence-electron chi connectivity index (χ1n) is 9.62. The summed E-state index contributed by atoms with van der Waals surface area (Å²) < 4.78 is 11.9. The number of hydrogen-bond acceptors (Lipinski definition) is 4. The Kier molecular flexibility index (Phi) is 8.72. The molecule has 1 aromatic carbocycles. The highest BCUT2D eigenvalue weighted by Crippen LogP contribution is 2.36. The second kappa shape index (κ2) is 10.8. The molecule has 0 saturated carbocycles. The number of unbranched alkanes of at least 4 members (excludes halogenated alkanes) is 1. The third-order valence-electron chi connectivity index (χ3n) is 4.69. The van der Waals surface area contributed by atoms with Gasteiger partial charge in [0.1, 0.15) is 0 Å². The summed E-state index contributed by atoms with van der Waals surface area (Å²) in [4.78, 5) is 15.2. The van der Waals surface area contributed by atoms with E-state index in [0.717, 1.165) is 36.8 Å². The van der Waals surface area contributed by atoms with Crippen LogP contribution in [0.15, 0.2) is 16.6 Å². The Hall–Kier alpha value is -1.27. The number of carbonyl (C=O) groups excluding carboxylic acids is 1. The zero-order valence-electron chi connectivity index (χ0n) is 16.1. The molecular formula is C20H31BrN2O3. The highest BCUT2D eigenvalue weighted by atomic mass is 79.9. The summed E-state index contributed by atoms with van der Waals surface area (Å²) in [6.45, 7) is 8.16. The van der Waals surface area contributed by atoms with Crippen LogP contribution < -0.4 is 14.8 Å². The Morgan fingerprint density at radius 3 is 2.62 bits per heavy atom. The summed E-state index contributed by atoms with van der Waals surface area (Å²) >= 11 is 3.50. The van der Waals surface area contributed by atoms with Crippen LogP contribution in [0.1, 0.15) is 56.3 Å². The van der Waals surface area contributed by atoms with E-state index in [2.05, 4.69) is 40.0 Å². The number of nitrogens with one attached hydrogen (secondary N) is 1. The van der Waals surface area contributed by atoms with Crippen LogP contribution in [0, 0.1) is 0 Å². The van der Waals surface area contributed by atoms with Gasteiger partial charge in [-0.1, -0.05) is 20.3 Å². The van der Waals surface area contributed by atoms with Gasteiger partial charge in [0.05, 0.1) is 18.2 Å². The Morgan fingerprint density at radius 1 is 1.27 bits per heavy atom. The Morgan fingerprint density at radius 2 is 2.00 bits per heavy atom. The molecule has 0 unspecified atom stereocenters. The van der Waals surface area contributed by atoms with Crippen molar-refractivity contribution in [1.29, 1.82) is 0 Å².